The molecular formula is C12H16ClF3N2O2S. The quantitative estimate of drug-likeness (QED) is 0.862. The summed E-state index contributed by atoms with van der Waals surface area (Å²) in [6, 6.07) is 1.43. The zero-order chi connectivity index (χ0) is 16.4. The first-order valence-electron chi connectivity index (χ1n) is 6.04. The lowest BCUT2D eigenvalue weighted by molar-refractivity contribution is -0.137. The van der Waals surface area contributed by atoms with Gasteiger partial charge in [-0.1, -0.05) is 11.6 Å². The fraction of sp³-hybridized carbons (Fsp3) is 0.500. The van der Waals surface area contributed by atoms with Gasteiger partial charge >= 0.3 is 6.18 Å². The first kappa shape index (κ1) is 18.2. The predicted octanol–water partition coefficient (Wildman–Crippen LogP) is 2.73. The molecule has 0 aliphatic rings. The van der Waals surface area contributed by atoms with Gasteiger partial charge in [0.2, 0.25) is 10.0 Å². The molecule has 1 rings (SSSR count). The highest BCUT2D eigenvalue weighted by Gasteiger charge is 2.32. The smallest absolute Gasteiger partial charge is 0.326 e. The maximum absolute atomic E-state index is 12.3. The first-order valence-corrected chi connectivity index (χ1v) is 7.90. The van der Waals surface area contributed by atoms with Gasteiger partial charge in [-0.2, -0.15) is 13.2 Å². The van der Waals surface area contributed by atoms with Crippen LogP contribution in [-0.4, -0.2) is 20.6 Å². The molecule has 1 aromatic rings. The number of sulfonamides is 1. The van der Waals surface area contributed by atoms with Crippen LogP contribution in [0.15, 0.2) is 17.0 Å². The molecule has 0 aliphatic carbocycles. The van der Waals surface area contributed by atoms with E-state index >= 15 is 0 Å². The van der Waals surface area contributed by atoms with Crippen molar-refractivity contribution in [3.05, 3.63) is 28.3 Å². The average Bonchev–Trinajstić information content (AvgIpc) is 2.28. The molecule has 0 amide bonds. The summed E-state index contributed by atoms with van der Waals surface area (Å²) in [6.45, 7) is 2.75. The van der Waals surface area contributed by atoms with E-state index in [4.69, 9.17) is 17.3 Å². The largest absolute Gasteiger partial charge is 0.390 e. The van der Waals surface area contributed by atoms with Crippen molar-refractivity contribution in [2.45, 2.75) is 43.9 Å². The lowest BCUT2D eigenvalue weighted by atomic mass is 10.1. The van der Waals surface area contributed by atoms with Gasteiger partial charge in [-0.15, -0.1) is 0 Å². The van der Waals surface area contributed by atoms with Crippen LogP contribution in [0.5, 0.6) is 0 Å². The summed E-state index contributed by atoms with van der Waals surface area (Å²) in [6.07, 6.45) is -5.71. The molecule has 21 heavy (non-hydrogen) atoms. The Morgan fingerprint density at radius 3 is 2.43 bits per heavy atom. The van der Waals surface area contributed by atoms with Crippen LogP contribution >= 0.6 is 11.6 Å². The molecule has 0 heterocycles. The number of alkyl halides is 3. The third-order valence-electron chi connectivity index (χ3n) is 2.84. The Bertz CT molecular complexity index is 618. The third kappa shape index (κ3) is 5.14. The third-order valence-corrected chi connectivity index (χ3v) is 4.77. The molecule has 0 spiro atoms. The summed E-state index contributed by atoms with van der Waals surface area (Å²) in [5.41, 5.74) is 6.38. The Balaban J connectivity index is 3.12. The topological polar surface area (TPSA) is 72.2 Å². The predicted molar refractivity (Wildman–Crippen MR) is 74.5 cm³/mol. The van der Waals surface area contributed by atoms with E-state index in [-0.39, 0.29) is 16.5 Å². The molecule has 9 heteroatoms. The SMILES string of the molecule is Cc1c(CN)cc(Cl)cc1S(=O)(=O)NC(C)CC(F)(F)F. The molecule has 1 atom stereocenters. The van der Waals surface area contributed by atoms with Crippen LogP contribution in [0.25, 0.3) is 0 Å². The van der Waals surface area contributed by atoms with Crippen LogP contribution in [0.2, 0.25) is 5.02 Å². The summed E-state index contributed by atoms with van der Waals surface area (Å²) >= 11 is 5.82. The number of nitrogens with two attached hydrogens (primary N) is 1. The number of hydrogen-bond acceptors (Lipinski definition) is 3. The van der Waals surface area contributed by atoms with Crippen molar-refractivity contribution in [3.8, 4) is 0 Å². The van der Waals surface area contributed by atoms with E-state index in [0.717, 1.165) is 6.92 Å². The summed E-state index contributed by atoms with van der Waals surface area (Å²) in [5.74, 6) is 0. The lowest BCUT2D eigenvalue weighted by Gasteiger charge is -2.18. The minimum atomic E-state index is -4.45. The summed E-state index contributed by atoms with van der Waals surface area (Å²) in [4.78, 5) is -0.163. The first-order chi connectivity index (χ1) is 9.46. The van der Waals surface area contributed by atoms with Crippen LogP contribution in [0, 0.1) is 6.92 Å². The number of hydrogen-bond donors (Lipinski definition) is 2. The van der Waals surface area contributed by atoms with Crippen molar-refractivity contribution in [3.63, 3.8) is 0 Å². The number of halogens is 4. The van der Waals surface area contributed by atoms with Gasteiger partial charge in [-0.3, -0.25) is 0 Å². The Hall–Kier alpha value is -0.830. The Morgan fingerprint density at radius 1 is 1.38 bits per heavy atom. The molecule has 0 aliphatic heterocycles. The highest BCUT2D eigenvalue weighted by atomic mass is 35.5. The van der Waals surface area contributed by atoms with Gasteiger partial charge in [0.25, 0.3) is 0 Å². The molecule has 0 saturated carbocycles. The molecule has 0 aromatic heterocycles. The standard InChI is InChI=1S/C12H16ClF3N2O2S/c1-7(5-12(14,15)16)18-21(19,20)11-4-10(13)3-9(6-17)8(11)2/h3-4,7,18H,5-6,17H2,1-2H3. The molecule has 120 valence electrons. The fourth-order valence-corrected chi connectivity index (χ4v) is 3.78. The Labute approximate surface area is 126 Å². The minimum Gasteiger partial charge on any atom is -0.326 e. The average molecular weight is 345 g/mol. The zero-order valence-corrected chi connectivity index (χ0v) is 13.0. The summed E-state index contributed by atoms with van der Waals surface area (Å²) < 4.78 is 63.2. The molecule has 0 saturated heterocycles. The minimum absolute atomic E-state index is 0.0764. The van der Waals surface area contributed by atoms with Gasteiger partial charge in [0.1, 0.15) is 0 Å². The van der Waals surface area contributed by atoms with Gasteiger partial charge < -0.3 is 5.73 Å². The molecule has 1 aromatic carbocycles. The Morgan fingerprint density at radius 2 is 1.95 bits per heavy atom. The molecule has 4 nitrogen and oxygen atoms in total. The lowest BCUT2D eigenvalue weighted by Crippen LogP contribution is -2.36. The zero-order valence-electron chi connectivity index (χ0n) is 11.5. The normalized spacial score (nSPS) is 14.2. The van der Waals surface area contributed by atoms with Crippen molar-refractivity contribution in [2.75, 3.05) is 0 Å². The molecule has 1 unspecified atom stereocenters. The van der Waals surface area contributed by atoms with Crippen molar-refractivity contribution in [1.29, 1.82) is 0 Å². The van der Waals surface area contributed by atoms with Crippen molar-refractivity contribution in [2.24, 2.45) is 5.73 Å². The van der Waals surface area contributed by atoms with Crippen LogP contribution in [0.1, 0.15) is 24.5 Å². The molecule has 0 radical (unpaired) electrons. The highest BCUT2D eigenvalue weighted by molar-refractivity contribution is 7.89. The van der Waals surface area contributed by atoms with Crippen molar-refractivity contribution < 1.29 is 21.6 Å². The van der Waals surface area contributed by atoms with Crippen LogP contribution in [0.4, 0.5) is 13.2 Å². The van der Waals surface area contributed by atoms with Gasteiger partial charge in [0, 0.05) is 17.6 Å². The summed E-state index contributed by atoms with van der Waals surface area (Å²) in [7, 11) is -4.11. The Kier molecular flexibility index (Phi) is 5.65. The second-order valence-corrected chi connectivity index (χ2v) is 6.85. The number of benzene rings is 1. The van der Waals surface area contributed by atoms with Crippen LogP contribution < -0.4 is 10.5 Å². The van der Waals surface area contributed by atoms with E-state index in [1.54, 1.807) is 0 Å². The fourth-order valence-electron chi connectivity index (χ4n) is 1.92. The van der Waals surface area contributed by atoms with E-state index in [2.05, 4.69) is 0 Å². The summed E-state index contributed by atoms with van der Waals surface area (Å²) in [5, 5.41) is 0.157. The maximum Gasteiger partial charge on any atom is 0.390 e. The molecule has 0 bridgehead atoms. The maximum atomic E-state index is 12.3. The number of rotatable bonds is 5. The van der Waals surface area contributed by atoms with Gasteiger partial charge in [-0.25, -0.2) is 13.1 Å². The van der Waals surface area contributed by atoms with Crippen molar-refractivity contribution in [1.82, 2.24) is 4.72 Å². The monoisotopic (exact) mass is 344 g/mol. The molecule has 3 N–H and O–H groups in total. The van der Waals surface area contributed by atoms with Crippen LogP contribution in [-0.2, 0) is 16.6 Å². The van der Waals surface area contributed by atoms with Gasteiger partial charge in [0.05, 0.1) is 11.3 Å². The van der Waals surface area contributed by atoms with E-state index in [1.165, 1.54) is 19.1 Å². The number of nitrogens with one attached hydrogen (secondary N) is 1. The van der Waals surface area contributed by atoms with E-state index < -0.39 is 28.7 Å². The molecular weight excluding hydrogens is 329 g/mol. The van der Waals surface area contributed by atoms with E-state index in [0.29, 0.717) is 11.1 Å². The molecule has 0 fully saturated rings. The van der Waals surface area contributed by atoms with Crippen LogP contribution in [0.3, 0.4) is 0 Å². The highest BCUT2D eigenvalue weighted by Crippen LogP contribution is 2.26. The van der Waals surface area contributed by atoms with E-state index in [9.17, 15) is 21.6 Å². The second-order valence-electron chi connectivity index (χ2n) is 4.73. The second kappa shape index (κ2) is 6.51. The van der Waals surface area contributed by atoms with E-state index in [1.807, 2.05) is 4.72 Å². The van der Waals surface area contributed by atoms with Crippen molar-refractivity contribution >= 4 is 21.6 Å². The van der Waals surface area contributed by atoms with Gasteiger partial charge in [-0.05, 0) is 37.1 Å². The van der Waals surface area contributed by atoms with Gasteiger partial charge in [0.15, 0.2) is 0 Å².